The average molecular weight is 270 g/mol. The van der Waals surface area contributed by atoms with E-state index in [0.717, 1.165) is 24.6 Å². The SMILES string of the molecule is CCCNC(=O)[C@H](C)NC(=O)c1ccc(F)c(F)c1. The number of nitrogens with one attached hydrogen (secondary N) is 2. The molecule has 6 heteroatoms. The normalized spacial score (nSPS) is 11.8. The maximum Gasteiger partial charge on any atom is 0.252 e. The van der Waals surface area contributed by atoms with Gasteiger partial charge in [-0.25, -0.2) is 8.78 Å². The standard InChI is InChI=1S/C13H16F2N2O2/c1-3-6-16-12(18)8(2)17-13(19)9-4-5-10(14)11(15)7-9/h4-5,7-8H,3,6H2,1-2H3,(H,16,18)(H,17,19)/t8-/m0/s1. The largest absolute Gasteiger partial charge is 0.354 e. The van der Waals surface area contributed by atoms with Crippen LogP contribution in [0.25, 0.3) is 0 Å². The molecule has 1 atom stereocenters. The van der Waals surface area contributed by atoms with E-state index in [9.17, 15) is 18.4 Å². The third-order valence-electron chi connectivity index (χ3n) is 2.47. The highest BCUT2D eigenvalue weighted by molar-refractivity contribution is 5.97. The predicted octanol–water partition coefficient (Wildman–Crippen LogP) is 1.61. The Morgan fingerprint density at radius 2 is 1.95 bits per heavy atom. The summed E-state index contributed by atoms with van der Waals surface area (Å²) in [5.74, 6) is -3.07. The number of amides is 2. The first-order chi connectivity index (χ1) is 8.95. The van der Waals surface area contributed by atoms with Gasteiger partial charge in [0, 0.05) is 12.1 Å². The third kappa shape index (κ3) is 4.31. The van der Waals surface area contributed by atoms with E-state index in [-0.39, 0.29) is 11.5 Å². The van der Waals surface area contributed by atoms with Crippen molar-refractivity contribution in [1.29, 1.82) is 0 Å². The summed E-state index contributed by atoms with van der Waals surface area (Å²) in [7, 11) is 0. The van der Waals surface area contributed by atoms with Crippen molar-refractivity contribution in [3.8, 4) is 0 Å². The first-order valence-corrected chi connectivity index (χ1v) is 5.99. The monoisotopic (exact) mass is 270 g/mol. The molecule has 19 heavy (non-hydrogen) atoms. The summed E-state index contributed by atoms with van der Waals surface area (Å²) in [6.07, 6.45) is 0.787. The zero-order valence-corrected chi connectivity index (χ0v) is 10.8. The Hall–Kier alpha value is -1.98. The predicted molar refractivity (Wildman–Crippen MR) is 66.6 cm³/mol. The van der Waals surface area contributed by atoms with Crippen LogP contribution in [0, 0.1) is 11.6 Å². The van der Waals surface area contributed by atoms with Crippen LogP contribution in [0.3, 0.4) is 0 Å². The van der Waals surface area contributed by atoms with Gasteiger partial charge in [0.2, 0.25) is 5.91 Å². The molecule has 2 amide bonds. The van der Waals surface area contributed by atoms with Gasteiger partial charge in [-0.3, -0.25) is 9.59 Å². The molecule has 0 saturated carbocycles. The topological polar surface area (TPSA) is 58.2 Å². The van der Waals surface area contributed by atoms with Gasteiger partial charge < -0.3 is 10.6 Å². The zero-order valence-electron chi connectivity index (χ0n) is 10.8. The molecule has 0 fully saturated rings. The summed E-state index contributed by atoms with van der Waals surface area (Å²) in [5.41, 5.74) is -0.0333. The van der Waals surface area contributed by atoms with Gasteiger partial charge in [0.1, 0.15) is 6.04 Å². The summed E-state index contributed by atoms with van der Waals surface area (Å²) in [6.45, 7) is 3.94. The molecule has 0 spiro atoms. The summed E-state index contributed by atoms with van der Waals surface area (Å²) in [4.78, 5) is 23.2. The molecule has 0 unspecified atom stereocenters. The van der Waals surface area contributed by atoms with Gasteiger partial charge in [-0.2, -0.15) is 0 Å². The molecular formula is C13H16F2N2O2. The number of carbonyl (C=O) groups is 2. The van der Waals surface area contributed by atoms with E-state index in [2.05, 4.69) is 10.6 Å². The molecule has 0 aliphatic rings. The number of rotatable bonds is 5. The zero-order chi connectivity index (χ0) is 14.4. The fourth-order valence-electron chi connectivity index (χ4n) is 1.38. The van der Waals surface area contributed by atoms with Crippen molar-refractivity contribution in [3.05, 3.63) is 35.4 Å². The van der Waals surface area contributed by atoms with Crippen LogP contribution in [0.2, 0.25) is 0 Å². The number of benzene rings is 1. The Bertz CT molecular complexity index is 478. The molecule has 0 radical (unpaired) electrons. The van der Waals surface area contributed by atoms with Gasteiger partial charge in [-0.05, 0) is 31.5 Å². The minimum Gasteiger partial charge on any atom is -0.354 e. The molecule has 0 bridgehead atoms. The Kier molecular flexibility index (Phi) is 5.41. The lowest BCUT2D eigenvalue weighted by Crippen LogP contribution is -2.45. The fourth-order valence-corrected chi connectivity index (χ4v) is 1.38. The molecule has 1 aromatic rings. The third-order valence-corrected chi connectivity index (χ3v) is 2.47. The fraction of sp³-hybridized carbons (Fsp3) is 0.385. The van der Waals surface area contributed by atoms with Gasteiger partial charge in [0.25, 0.3) is 5.91 Å². The maximum absolute atomic E-state index is 13.0. The molecule has 0 heterocycles. The maximum atomic E-state index is 13.0. The van der Waals surface area contributed by atoms with Crippen LogP contribution >= 0.6 is 0 Å². The minimum absolute atomic E-state index is 0.0333. The van der Waals surface area contributed by atoms with Gasteiger partial charge in [-0.1, -0.05) is 6.92 Å². The summed E-state index contributed by atoms with van der Waals surface area (Å²) < 4.78 is 25.7. The van der Waals surface area contributed by atoms with Crippen LogP contribution in [0.1, 0.15) is 30.6 Å². The van der Waals surface area contributed by atoms with E-state index >= 15 is 0 Å². The second kappa shape index (κ2) is 6.82. The van der Waals surface area contributed by atoms with Gasteiger partial charge in [0.15, 0.2) is 11.6 Å². The van der Waals surface area contributed by atoms with Crippen molar-refractivity contribution in [3.63, 3.8) is 0 Å². The molecule has 0 aromatic heterocycles. The van der Waals surface area contributed by atoms with Crippen LogP contribution in [0.5, 0.6) is 0 Å². The van der Waals surface area contributed by atoms with E-state index in [0.29, 0.717) is 6.54 Å². The van der Waals surface area contributed by atoms with E-state index < -0.39 is 23.6 Å². The van der Waals surface area contributed by atoms with Crippen LogP contribution in [0.15, 0.2) is 18.2 Å². The van der Waals surface area contributed by atoms with Crippen molar-refractivity contribution in [2.75, 3.05) is 6.54 Å². The molecular weight excluding hydrogens is 254 g/mol. The molecule has 4 nitrogen and oxygen atoms in total. The lowest BCUT2D eigenvalue weighted by atomic mass is 10.2. The minimum atomic E-state index is -1.10. The van der Waals surface area contributed by atoms with Crippen molar-refractivity contribution in [1.82, 2.24) is 10.6 Å². The van der Waals surface area contributed by atoms with E-state index in [1.54, 1.807) is 0 Å². The smallest absolute Gasteiger partial charge is 0.252 e. The van der Waals surface area contributed by atoms with Crippen molar-refractivity contribution < 1.29 is 18.4 Å². The van der Waals surface area contributed by atoms with Crippen molar-refractivity contribution in [2.45, 2.75) is 26.3 Å². The van der Waals surface area contributed by atoms with E-state index in [1.807, 2.05) is 6.92 Å². The Balaban J connectivity index is 2.63. The Labute approximate surface area is 110 Å². The number of hydrogen-bond donors (Lipinski definition) is 2. The number of halogens is 2. The molecule has 1 aromatic carbocycles. The lowest BCUT2D eigenvalue weighted by molar-refractivity contribution is -0.122. The Morgan fingerprint density at radius 1 is 1.26 bits per heavy atom. The van der Waals surface area contributed by atoms with Crippen molar-refractivity contribution >= 4 is 11.8 Å². The highest BCUT2D eigenvalue weighted by Gasteiger charge is 2.17. The van der Waals surface area contributed by atoms with E-state index in [4.69, 9.17) is 0 Å². The van der Waals surface area contributed by atoms with Gasteiger partial charge in [0.05, 0.1) is 0 Å². The summed E-state index contributed by atoms with van der Waals surface area (Å²) in [5, 5.41) is 5.03. The van der Waals surface area contributed by atoms with Crippen LogP contribution in [0.4, 0.5) is 8.78 Å². The molecule has 2 N–H and O–H groups in total. The second-order valence-electron chi connectivity index (χ2n) is 4.12. The molecule has 1 rings (SSSR count). The Morgan fingerprint density at radius 3 is 2.53 bits per heavy atom. The quantitative estimate of drug-likeness (QED) is 0.854. The highest BCUT2D eigenvalue weighted by atomic mass is 19.2. The second-order valence-corrected chi connectivity index (χ2v) is 4.12. The molecule has 0 aliphatic heterocycles. The number of carbonyl (C=O) groups excluding carboxylic acids is 2. The summed E-state index contributed by atoms with van der Waals surface area (Å²) >= 11 is 0. The number of hydrogen-bond acceptors (Lipinski definition) is 2. The summed E-state index contributed by atoms with van der Waals surface area (Å²) in [6, 6.07) is 2.07. The van der Waals surface area contributed by atoms with Crippen LogP contribution in [-0.2, 0) is 4.79 Å². The van der Waals surface area contributed by atoms with Crippen LogP contribution < -0.4 is 10.6 Å². The van der Waals surface area contributed by atoms with Gasteiger partial charge >= 0.3 is 0 Å². The molecule has 0 saturated heterocycles. The van der Waals surface area contributed by atoms with Gasteiger partial charge in [-0.15, -0.1) is 0 Å². The van der Waals surface area contributed by atoms with Crippen LogP contribution in [-0.4, -0.2) is 24.4 Å². The van der Waals surface area contributed by atoms with Crippen molar-refractivity contribution in [2.24, 2.45) is 0 Å². The first-order valence-electron chi connectivity index (χ1n) is 5.99. The molecule has 104 valence electrons. The van der Waals surface area contributed by atoms with E-state index in [1.165, 1.54) is 6.92 Å². The first kappa shape index (κ1) is 15.1. The average Bonchev–Trinajstić information content (AvgIpc) is 2.38. The molecule has 0 aliphatic carbocycles. The highest BCUT2D eigenvalue weighted by Crippen LogP contribution is 2.08. The lowest BCUT2D eigenvalue weighted by Gasteiger charge is -2.13.